The molecular weight excluding hydrogens is 1220 g/mol. The lowest BCUT2D eigenvalue weighted by Crippen LogP contribution is -2.64. The van der Waals surface area contributed by atoms with Crippen LogP contribution in [0.5, 0.6) is 0 Å². The summed E-state index contributed by atoms with van der Waals surface area (Å²) in [5.74, 6) is -10.4. The molecule has 0 unspecified atom stereocenters. The molecule has 2 aliphatic heterocycles. The van der Waals surface area contributed by atoms with Crippen molar-refractivity contribution in [3.05, 3.63) is 12.2 Å². The Morgan fingerprint density at radius 1 is 0.484 bits per heavy atom. The number of piperazine rings is 1. The summed E-state index contributed by atoms with van der Waals surface area (Å²) in [4.78, 5) is 175. The van der Waals surface area contributed by atoms with E-state index in [2.05, 4.69) is 36.4 Å². The summed E-state index contributed by atoms with van der Waals surface area (Å²) in [6.07, 6.45) is 3.26. The van der Waals surface area contributed by atoms with E-state index in [0.29, 0.717) is 26.0 Å². The van der Waals surface area contributed by atoms with Crippen molar-refractivity contribution < 1.29 is 62.6 Å². The number of likely N-dealkylation sites (N-methyl/N-ethyl adjacent to an activating group) is 6. The van der Waals surface area contributed by atoms with Crippen LogP contribution in [0, 0.1) is 41.4 Å². The van der Waals surface area contributed by atoms with Crippen LogP contribution in [0.2, 0.25) is 0 Å². The van der Waals surface area contributed by atoms with E-state index in [4.69, 9.17) is 4.74 Å². The average molecular weight is 1340 g/mol. The number of ether oxygens (including phenoxy) is 1. The molecule has 2 heterocycles. The number of nitrogens with one attached hydrogen (secondary N) is 5. The Bertz CT molecular complexity index is 2580. The fourth-order valence-electron chi connectivity index (χ4n) is 12.3. The van der Waals surface area contributed by atoms with Crippen LogP contribution in [-0.2, 0) is 57.5 Å². The van der Waals surface area contributed by atoms with Gasteiger partial charge in [0.25, 0.3) is 0 Å². The van der Waals surface area contributed by atoms with Gasteiger partial charge in [-0.3, -0.25) is 57.6 Å². The highest BCUT2D eigenvalue weighted by Gasteiger charge is 2.46. The SMILES string of the molecule is C/C=C/C[C@@H](C)[C@@H](O)[C@H]1C(=O)N[C@@H](CC)C(=O)N(C)[C@H](C)C(=O)N[C@@H]([C@H](C)CCN2CCN(CCOC)CC2)C(=O)N[C@@H](C(C)C)C(=O)N(C)[C@@H](CC(C)C)C(=O)N[C@@H](C)C(=O)N[C@H](C)C(=O)N(C)[C@@H](CC(C)C)C(=O)N(C)[C@@H](CC(C)C)C(=O)N(C)[C@@H](C(C)C)C(=O)N1C. The second kappa shape index (κ2) is 39.8. The number of hydrogen-bond donors (Lipinski definition) is 6. The number of carbonyl (C=O) groups excluding carboxylic acids is 11. The Morgan fingerprint density at radius 3 is 1.43 bits per heavy atom. The van der Waals surface area contributed by atoms with Crippen LogP contribution in [0.25, 0.3) is 0 Å². The smallest absolute Gasteiger partial charge is 0.246 e. The monoisotopic (exact) mass is 1340 g/mol. The molecule has 6 N–H and O–H groups in total. The fraction of sp³-hybridized carbons (Fsp3) is 0.812. The van der Waals surface area contributed by atoms with Gasteiger partial charge in [-0.25, -0.2) is 0 Å². The number of aliphatic hydroxyl groups excluding tert-OH is 1. The van der Waals surface area contributed by atoms with Gasteiger partial charge in [-0.05, 0) is 114 Å². The summed E-state index contributed by atoms with van der Waals surface area (Å²) < 4.78 is 5.29. The Morgan fingerprint density at radius 2 is 0.947 bits per heavy atom. The lowest BCUT2D eigenvalue weighted by atomic mass is 9.91. The predicted molar refractivity (Wildman–Crippen MR) is 367 cm³/mol. The first kappa shape index (κ1) is 84.8. The highest BCUT2D eigenvalue weighted by atomic mass is 16.5. The van der Waals surface area contributed by atoms with Crippen LogP contribution < -0.4 is 26.6 Å². The lowest BCUT2D eigenvalue weighted by molar-refractivity contribution is -0.157. The number of allylic oxidation sites excluding steroid dienone is 2. The van der Waals surface area contributed by atoms with Crippen LogP contribution in [-0.4, -0.2) is 277 Å². The van der Waals surface area contributed by atoms with E-state index in [1.807, 2.05) is 54.5 Å². The standard InChI is InChI=1S/C69H125N13O13/c1-25-27-28-46(14)58(83)57-63(88)72-50(26-2)65(90)75(18)49(17)60(85)74-55(45(13)29-30-81-31-33-82(34-32-81)35-36-95-24)62(87)73-54(43(9)10)68(93)76(19)51(37-40(3)4)61(86)70-47(15)59(84)71-48(16)64(89)77(20)52(38-41(5)6)66(91)78(21)53(39-42(7)8)67(92)79(22)56(44(11)12)69(94)80(57)23/h25,27,40-58,83H,26,28-39H2,1-24H3,(H,70,86)(H,71,84)(H,72,88)(H,73,87)(H,74,85)/b27-25+/t45-,46-,47+,48-,49-,50+,51+,52+,53+,54+,55+,56+,57+,58-/m1/s1. The first-order valence-corrected chi connectivity index (χ1v) is 34.6. The third-order valence-corrected chi connectivity index (χ3v) is 18.9. The maximum absolute atomic E-state index is 15.3. The minimum atomic E-state index is -1.63. The number of nitrogens with zero attached hydrogens (tertiary/aromatic N) is 8. The number of hydrogen-bond acceptors (Lipinski definition) is 15. The van der Waals surface area contributed by atoms with Gasteiger partial charge in [-0.2, -0.15) is 0 Å². The van der Waals surface area contributed by atoms with Gasteiger partial charge in [0.05, 0.1) is 12.7 Å². The van der Waals surface area contributed by atoms with Crippen molar-refractivity contribution in [2.45, 2.75) is 229 Å². The van der Waals surface area contributed by atoms with Gasteiger partial charge in [0.1, 0.15) is 66.5 Å². The molecule has 0 spiro atoms. The Kier molecular flexibility index (Phi) is 35.6. The summed E-state index contributed by atoms with van der Waals surface area (Å²) in [5, 5.41) is 26.3. The molecule has 0 saturated carbocycles. The zero-order chi connectivity index (χ0) is 72.8. The molecule has 95 heavy (non-hydrogen) atoms. The van der Waals surface area contributed by atoms with E-state index in [1.165, 1.54) is 82.7 Å². The number of methoxy groups -OCH3 is 1. The quantitative estimate of drug-likeness (QED) is 0.0955. The maximum Gasteiger partial charge on any atom is 0.246 e. The Balaban J connectivity index is 2.99. The normalized spacial score (nSPS) is 27.7. The highest BCUT2D eigenvalue weighted by Crippen LogP contribution is 2.26. The minimum Gasteiger partial charge on any atom is -0.390 e. The molecular formula is C69H125N13O13. The van der Waals surface area contributed by atoms with Gasteiger partial charge in [-0.15, -0.1) is 0 Å². The number of carbonyl (C=O) groups is 11. The largest absolute Gasteiger partial charge is 0.390 e. The van der Waals surface area contributed by atoms with E-state index >= 15 is 24.0 Å². The van der Waals surface area contributed by atoms with E-state index in [0.717, 1.165) is 42.5 Å². The number of rotatable bonds is 20. The summed E-state index contributed by atoms with van der Waals surface area (Å²) in [5.41, 5.74) is 0. The molecule has 2 rings (SSSR count). The molecule has 2 aliphatic rings. The molecule has 2 fully saturated rings. The van der Waals surface area contributed by atoms with E-state index in [1.54, 1.807) is 61.7 Å². The summed E-state index contributed by atoms with van der Waals surface area (Å²) in [7, 11) is 10.2. The van der Waals surface area contributed by atoms with Crippen LogP contribution in [0.3, 0.4) is 0 Å². The third-order valence-electron chi connectivity index (χ3n) is 18.9. The second-order valence-electron chi connectivity index (χ2n) is 28.8. The third kappa shape index (κ3) is 24.4. The van der Waals surface area contributed by atoms with Gasteiger partial charge >= 0.3 is 0 Å². The van der Waals surface area contributed by atoms with E-state index in [-0.39, 0.29) is 43.4 Å². The lowest BCUT2D eigenvalue weighted by Gasteiger charge is -2.41. The average Bonchev–Trinajstić information content (AvgIpc) is 0.811. The minimum absolute atomic E-state index is 0.00366. The second-order valence-corrected chi connectivity index (χ2v) is 28.8. The molecule has 11 amide bonds. The van der Waals surface area contributed by atoms with Crippen molar-refractivity contribution in [2.75, 3.05) is 95.3 Å². The highest BCUT2D eigenvalue weighted by molar-refractivity contribution is 6.00. The van der Waals surface area contributed by atoms with Gasteiger partial charge in [0, 0.05) is 82.1 Å². The van der Waals surface area contributed by atoms with E-state index in [9.17, 15) is 33.9 Å². The molecule has 0 aromatic carbocycles. The van der Waals surface area contributed by atoms with Gasteiger partial charge < -0.3 is 70.7 Å². The molecule has 26 nitrogen and oxygen atoms in total. The number of aliphatic hydroxyl groups is 1. The molecule has 26 heteroatoms. The predicted octanol–water partition coefficient (Wildman–Crippen LogP) is 2.56. The Labute approximate surface area is 568 Å². The molecule has 544 valence electrons. The van der Waals surface area contributed by atoms with Crippen molar-refractivity contribution in [2.24, 2.45) is 41.4 Å². The van der Waals surface area contributed by atoms with Crippen LogP contribution >= 0.6 is 0 Å². The molecule has 2 saturated heterocycles. The topological polar surface area (TPSA) is 303 Å². The first-order valence-electron chi connectivity index (χ1n) is 34.6. The number of amides is 11. The van der Waals surface area contributed by atoms with Crippen molar-refractivity contribution in [1.29, 1.82) is 0 Å². The molecule has 0 radical (unpaired) electrons. The fourth-order valence-corrected chi connectivity index (χ4v) is 12.3. The van der Waals surface area contributed by atoms with Gasteiger partial charge in [0.15, 0.2) is 0 Å². The Hall–Kier alpha value is -6.25. The first-order chi connectivity index (χ1) is 44.2. The molecule has 0 bridgehead atoms. The van der Waals surface area contributed by atoms with E-state index < -0.39 is 161 Å². The van der Waals surface area contributed by atoms with Crippen LogP contribution in [0.15, 0.2) is 12.2 Å². The summed E-state index contributed by atoms with van der Waals surface area (Å²) in [6, 6.07) is -13.9. The summed E-state index contributed by atoms with van der Waals surface area (Å²) >= 11 is 0. The zero-order valence-corrected chi connectivity index (χ0v) is 62.2. The van der Waals surface area contributed by atoms with Crippen molar-refractivity contribution >= 4 is 65.0 Å². The van der Waals surface area contributed by atoms with Gasteiger partial charge in [0.2, 0.25) is 65.0 Å². The van der Waals surface area contributed by atoms with Gasteiger partial charge in [-0.1, -0.05) is 102 Å². The van der Waals surface area contributed by atoms with Crippen molar-refractivity contribution in [3.8, 4) is 0 Å². The molecule has 14 atom stereocenters. The van der Waals surface area contributed by atoms with Crippen molar-refractivity contribution in [1.82, 2.24) is 65.8 Å². The van der Waals surface area contributed by atoms with Crippen LogP contribution in [0.1, 0.15) is 156 Å². The maximum atomic E-state index is 15.3. The zero-order valence-electron chi connectivity index (χ0n) is 62.2. The van der Waals surface area contributed by atoms with Crippen LogP contribution in [0.4, 0.5) is 0 Å². The molecule has 0 aromatic heterocycles. The van der Waals surface area contributed by atoms with Crippen molar-refractivity contribution in [3.63, 3.8) is 0 Å². The summed E-state index contributed by atoms with van der Waals surface area (Å²) in [6.45, 7) is 34.7. The molecule has 0 aliphatic carbocycles. The molecule has 0 aromatic rings.